The van der Waals surface area contributed by atoms with Gasteiger partial charge in [-0.2, -0.15) is 0 Å². The number of rotatable bonds is 7. The van der Waals surface area contributed by atoms with Crippen LogP contribution in [0.3, 0.4) is 0 Å². The zero-order valence-corrected chi connectivity index (χ0v) is 21.3. The SMILES string of the molecule is O=C(NCc1nnc(SCC(=O)N2CCCc3ccccc32)n1-c1cccc(Cl)c1)c1ccccc1F. The second-order valence-electron chi connectivity index (χ2n) is 8.44. The number of amides is 2. The van der Waals surface area contributed by atoms with E-state index in [1.165, 1.54) is 35.5 Å². The van der Waals surface area contributed by atoms with Crippen LogP contribution in [0.4, 0.5) is 10.1 Å². The third kappa shape index (κ3) is 5.52. The zero-order chi connectivity index (χ0) is 25.8. The number of carbonyl (C=O) groups excluding carboxylic acids is 2. The number of benzene rings is 3. The Labute approximate surface area is 222 Å². The van der Waals surface area contributed by atoms with Crippen molar-refractivity contribution in [3.63, 3.8) is 0 Å². The maximum Gasteiger partial charge on any atom is 0.254 e. The highest BCUT2D eigenvalue weighted by atomic mass is 35.5. The van der Waals surface area contributed by atoms with Gasteiger partial charge in [0.2, 0.25) is 5.91 Å². The van der Waals surface area contributed by atoms with Crippen molar-refractivity contribution in [3.8, 4) is 5.69 Å². The van der Waals surface area contributed by atoms with Crippen LogP contribution in [0.5, 0.6) is 0 Å². The number of nitrogens with zero attached hydrogens (tertiary/aromatic N) is 4. The molecule has 0 saturated carbocycles. The van der Waals surface area contributed by atoms with Gasteiger partial charge in [0.25, 0.3) is 5.91 Å². The van der Waals surface area contributed by atoms with Crippen molar-refractivity contribution in [2.45, 2.75) is 24.5 Å². The molecule has 0 unspecified atom stereocenters. The van der Waals surface area contributed by atoms with Crippen LogP contribution in [0.25, 0.3) is 5.69 Å². The summed E-state index contributed by atoms with van der Waals surface area (Å²) in [6.07, 6.45) is 1.87. The van der Waals surface area contributed by atoms with Gasteiger partial charge in [0, 0.05) is 17.3 Å². The minimum absolute atomic E-state index is 0.000682. The minimum Gasteiger partial charge on any atom is -0.345 e. The van der Waals surface area contributed by atoms with Crippen molar-refractivity contribution in [1.82, 2.24) is 20.1 Å². The van der Waals surface area contributed by atoms with Crippen LogP contribution in [0.1, 0.15) is 28.2 Å². The van der Waals surface area contributed by atoms with Crippen molar-refractivity contribution in [3.05, 3.63) is 101 Å². The summed E-state index contributed by atoms with van der Waals surface area (Å²) in [6.45, 7) is 0.672. The molecule has 37 heavy (non-hydrogen) atoms. The fourth-order valence-electron chi connectivity index (χ4n) is 4.28. The molecule has 1 aromatic heterocycles. The van der Waals surface area contributed by atoms with Gasteiger partial charge in [0.15, 0.2) is 11.0 Å². The van der Waals surface area contributed by atoms with E-state index in [2.05, 4.69) is 21.6 Å². The van der Waals surface area contributed by atoms with E-state index >= 15 is 0 Å². The van der Waals surface area contributed by atoms with E-state index in [1.807, 2.05) is 29.2 Å². The molecule has 10 heteroatoms. The quantitative estimate of drug-likeness (QED) is 0.335. The number of para-hydroxylation sites is 1. The molecular formula is C27H23ClFN5O2S. The van der Waals surface area contributed by atoms with Crippen molar-refractivity contribution in [2.75, 3.05) is 17.2 Å². The average molecular weight is 536 g/mol. The summed E-state index contributed by atoms with van der Waals surface area (Å²) in [6, 6.07) is 20.9. The lowest BCUT2D eigenvalue weighted by Crippen LogP contribution is -2.36. The number of nitrogens with one attached hydrogen (secondary N) is 1. The molecule has 1 N–H and O–H groups in total. The number of carbonyl (C=O) groups is 2. The van der Waals surface area contributed by atoms with Gasteiger partial charge in [-0.15, -0.1) is 10.2 Å². The lowest BCUT2D eigenvalue weighted by Gasteiger charge is -2.29. The predicted octanol–water partition coefficient (Wildman–Crippen LogP) is 5.06. The first kappa shape index (κ1) is 25.0. The van der Waals surface area contributed by atoms with Crippen LogP contribution in [-0.2, 0) is 17.8 Å². The third-order valence-corrected chi connectivity index (χ3v) is 7.18. The number of anilines is 1. The number of hydrogen-bond acceptors (Lipinski definition) is 5. The number of aryl methyl sites for hydroxylation is 1. The van der Waals surface area contributed by atoms with Crippen LogP contribution in [0.2, 0.25) is 5.02 Å². The molecule has 0 radical (unpaired) electrons. The summed E-state index contributed by atoms with van der Waals surface area (Å²) >= 11 is 7.50. The lowest BCUT2D eigenvalue weighted by atomic mass is 10.0. The Bertz CT molecular complexity index is 1460. The fourth-order valence-corrected chi connectivity index (χ4v) is 5.31. The molecule has 5 rings (SSSR count). The molecular weight excluding hydrogens is 513 g/mol. The molecule has 0 atom stereocenters. The summed E-state index contributed by atoms with van der Waals surface area (Å²) in [4.78, 5) is 27.6. The second-order valence-corrected chi connectivity index (χ2v) is 9.82. The molecule has 2 amide bonds. The van der Waals surface area contributed by atoms with Gasteiger partial charge in [-0.3, -0.25) is 14.2 Å². The molecule has 188 valence electrons. The summed E-state index contributed by atoms with van der Waals surface area (Å²) in [5.74, 6) is -0.608. The minimum atomic E-state index is -0.606. The summed E-state index contributed by atoms with van der Waals surface area (Å²) in [5.41, 5.74) is 2.75. The van der Waals surface area contributed by atoms with Gasteiger partial charge in [-0.1, -0.05) is 59.8 Å². The Morgan fingerprint density at radius 1 is 1.03 bits per heavy atom. The van der Waals surface area contributed by atoms with Gasteiger partial charge in [-0.05, 0) is 54.8 Å². The Morgan fingerprint density at radius 2 is 1.84 bits per heavy atom. The predicted molar refractivity (Wildman–Crippen MR) is 142 cm³/mol. The molecule has 0 aliphatic carbocycles. The number of aromatic nitrogens is 3. The molecule has 1 aliphatic heterocycles. The van der Waals surface area contributed by atoms with Gasteiger partial charge < -0.3 is 10.2 Å². The van der Waals surface area contributed by atoms with Gasteiger partial charge in [0.05, 0.1) is 23.5 Å². The number of halogens is 2. The maximum atomic E-state index is 14.0. The van der Waals surface area contributed by atoms with Crippen molar-refractivity contribution < 1.29 is 14.0 Å². The molecule has 4 aromatic rings. The van der Waals surface area contributed by atoms with Crippen molar-refractivity contribution in [2.24, 2.45) is 0 Å². The molecule has 2 heterocycles. The van der Waals surface area contributed by atoms with E-state index in [9.17, 15) is 14.0 Å². The molecule has 1 aliphatic rings. The highest BCUT2D eigenvalue weighted by molar-refractivity contribution is 7.99. The Hall–Kier alpha value is -3.69. The van der Waals surface area contributed by atoms with E-state index in [-0.39, 0.29) is 23.8 Å². The topological polar surface area (TPSA) is 80.1 Å². The summed E-state index contributed by atoms with van der Waals surface area (Å²) in [5, 5.41) is 12.2. The van der Waals surface area contributed by atoms with E-state index in [4.69, 9.17) is 11.6 Å². The molecule has 7 nitrogen and oxygen atoms in total. The lowest BCUT2D eigenvalue weighted by molar-refractivity contribution is -0.116. The second kappa shape index (κ2) is 11.1. The monoisotopic (exact) mass is 535 g/mol. The van der Waals surface area contributed by atoms with E-state index < -0.39 is 11.7 Å². The van der Waals surface area contributed by atoms with Gasteiger partial charge in [-0.25, -0.2) is 4.39 Å². The van der Waals surface area contributed by atoms with Crippen LogP contribution in [-0.4, -0.2) is 38.9 Å². The van der Waals surface area contributed by atoms with Crippen LogP contribution in [0.15, 0.2) is 78.0 Å². The molecule has 3 aromatic carbocycles. The largest absolute Gasteiger partial charge is 0.345 e. The third-order valence-electron chi connectivity index (χ3n) is 6.03. The first-order chi connectivity index (χ1) is 18.0. The standard InChI is InChI=1S/C27H23ClFN5O2S/c28-19-9-5-10-20(15-19)34-24(16-30-26(36)21-11-2-3-12-22(21)29)31-32-27(34)37-17-25(35)33-14-6-8-18-7-1-4-13-23(18)33/h1-5,7,9-13,15H,6,8,14,16-17H2,(H,30,36). The fraction of sp³-hybridized carbons (Fsp3) is 0.185. The number of fused-ring (bicyclic) bond motifs is 1. The highest BCUT2D eigenvalue weighted by Crippen LogP contribution is 2.29. The van der Waals surface area contributed by atoms with E-state index in [1.54, 1.807) is 28.8 Å². The van der Waals surface area contributed by atoms with Crippen LogP contribution >= 0.6 is 23.4 Å². The summed E-state index contributed by atoms with van der Waals surface area (Å²) < 4.78 is 15.8. The van der Waals surface area contributed by atoms with E-state index in [0.29, 0.717) is 28.2 Å². The van der Waals surface area contributed by atoms with Crippen LogP contribution in [0, 0.1) is 5.82 Å². The highest BCUT2D eigenvalue weighted by Gasteiger charge is 2.24. The molecule has 0 saturated heterocycles. The van der Waals surface area contributed by atoms with Gasteiger partial charge in [0.1, 0.15) is 5.82 Å². The van der Waals surface area contributed by atoms with E-state index in [0.717, 1.165) is 18.5 Å². The summed E-state index contributed by atoms with van der Waals surface area (Å²) in [7, 11) is 0. The average Bonchev–Trinajstić information content (AvgIpc) is 3.33. The van der Waals surface area contributed by atoms with Crippen LogP contribution < -0.4 is 10.2 Å². The van der Waals surface area contributed by atoms with Crippen molar-refractivity contribution >= 4 is 40.9 Å². The number of hydrogen-bond donors (Lipinski definition) is 1. The zero-order valence-electron chi connectivity index (χ0n) is 19.7. The Morgan fingerprint density at radius 3 is 2.68 bits per heavy atom. The normalized spacial score (nSPS) is 12.8. The van der Waals surface area contributed by atoms with Crippen molar-refractivity contribution in [1.29, 1.82) is 0 Å². The first-order valence-corrected chi connectivity index (χ1v) is 13.1. The maximum absolute atomic E-state index is 14.0. The Kier molecular flexibility index (Phi) is 7.52. The molecule has 0 fully saturated rings. The molecule has 0 bridgehead atoms. The smallest absolute Gasteiger partial charge is 0.254 e. The van der Waals surface area contributed by atoms with Gasteiger partial charge >= 0.3 is 0 Å². The Balaban J connectivity index is 1.36. The number of thioether (sulfide) groups is 1. The molecule has 0 spiro atoms. The first-order valence-electron chi connectivity index (χ1n) is 11.8.